The van der Waals surface area contributed by atoms with E-state index in [1.807, 2.05) is 0 Å². The highest BCUT2D eigenvalue weighted by Gasteiger charge is 2.39. The zero-order valence-corrected chi connectivity index (χ0v) is 27.2. The topological polar surface area (TPSA) is 202 Å². The number of Topliss-reactive ketones (excluding diaryl/α,β-unsaturated/α-hetero) is 2. The number of benzene rings is 1. The molecular weight excluding hydrogens is 594 g/mol. The highest BCUT2D eigenvalue weighted by atomic mass is 16.3. The van der Waals surface area contributed by atoms with Gasteiger partial charge >= 0.3 is 0 Å². The van der Waals surface area contributed by atoms with Crippen molar-refractivity contribution in [3.63, 3.8) is 0 Å². The molecule has 0 radical (unpaired) electrons. The molecule has 250 valence electrons. The summed E-state index contributed by atoms with van der Waals surface area (Å²) in [7, 11) is 0. The highest BCUT2D eigenvalue weighted by molar-refractivity contribution is 6.30. The number of nitrogens with one attached hydrogen (secondary N) is 1. The largest absolute Gasteiger partial charge is 0.507 e. The van der Waals surface area contributed by atoms with Gasteiger partial charge in [-0.05, 0) is 38.0 Å². The molecule has 0 saturated heterocycles. The molecule has 46 heavy (non-hydrogen) atoms. The van der Waals surface area contributed by atoms with E-state index in [1.165, 1.54) is 45.9 Å². The lowest BCUT2D eigenvalue weighted by Gasteiger charge is -2.37. The van der Waals surface area contributed by atoms with Crippen LogP contribution in [-0.2, 0) is 4.79 Å². The molecule has 2 aliphatic heterocycles. The van der Waals surface area contributed by atoms with Crippen LogP contribution in [-0.4, -0.2) is 84.9 Å². The lowest BCUT2D eigenvalue weighted by Crippen LogP contribution is -2.46. The predicted molar refractivity (Wildman–Crippen MR) is 170 cm³/mol. The van der Waals surface area contributed by atoms with Gasteiger partial charge in [0.15, 0.2) is 11.6 Å². The average molecular weight is 640 g/mol. The van der Waals surface area contributed by atoms with Crippen LogP contribution in [0.2, 0.25) is 0 Å². The molecule has 7 N–H and O–H groups in total. The molecule has 0 fully saturated rings. The number of phenols is 1. The first kappa shape index (κ1) is 36.7. The first-order chi connectivity index (χ1) is 21.4. The molecule has 4 rings (SSSR count). The predicted octanol–water partition coefficient (Wildman–Crippen LogP) is 2.32. The SMILES string of the molecule is CC1=CC=C[C@H](C)[C@@H](O)[C@@H](C)[C@@H](O)[C@H](C)[C@@H](O)[C@@H](C)[C@@H](O)[C@@H](CO)C=C(C)C(=O)c2c(O)c(C)cc3c2C(=O)C=C(NC1=O)C3=O. The molecule has 0 aromatic heterocycles. The summed E-state index contributed by atoms with van der Waals surface area (Å²) in [6.45, 7) is 10.1. The van der Waals surface area contributed by atoms with Gasteiger partial charge in [0, 0.05) is 52.4 Å². The number of aryl methyl sites for hydroxylation is 1. The molecule has 1 aliphatic carbocycles. The Morgan fingerprint density at radius 2 is 1.33 bits per heavy atom. The number of aromatic hydroxyl groups is 1. The Balaban J connectivity index is 2.19. The number of amides is 1. The number of carbonyl (C=O) groups is 4. The van der Waals surface area contributed by atoms with E-state index in [0.717, 1.165) is 6.08 Å². The Morgan fingerprint density at radius 3 is 1.91 bits per heavy atom. The van der Waals surface area contributed by atoms with Gasteiger partial charge in [0.05, 0.1) is 42.3 Å². The summed E-state index contributed by atoms with van der Waals surface area (Å²) in [5.41, 5.74) is -1.02. The van der Waals surface area contributed by atoms with Crippen LogP contribution in [0.5, 0.6) is 5.75 Å². The zero-order valence-electron chi connectivity index (χ0n) is 27.2. The highest BCUT2D eigenvalue weighted by Crippen LogP contribution is 2.35. The number of rotatable bonds is 1. The van der Waals surface area contributed by atoms with Gasteiger partial charge in [0.25, 0.3) is 5.91 Å². The standard InChI is InChI=1S/C35H45NO10/c1-15-9-8-10-16(2)35(46)36-24-13-25(38)26-23(34(24)45)12-18(4)30(41)27(26)29(40)17(3)11-22(14-37)33(44)21(7)32(43)20(6)31(42)19(5)28(15)39/h8-13,15,19-22,28,31-33,37,39,41-44H,14H2,1-7H3,(H,36,46)/t15-,19+,20-,21+,22+,28+,31+,32+,33+/m0/s1. The molecule has 0 spiro atoms. The fourth-order valence-corrected chi connectivity index (χ4v) is 6.04. The minimum absolute atomic E-state index is 0.0586. The number of ketones is 3. The van der Waals surface area contributed by atoms with Crippen LogP contribution in [0.3, 0.4) is 0 Å². The number of hydrogen-bond donors (Lipinski definition) is 7. The van der Waals surface area contributed by atoms with Crippen molar-refractivity contribution in [2.75, 3.05) is 6.61 Å². The van der Waals surface area contributed by atoms with Gasteiger partial charge in [0.1, 0.15) is 5.75 Å². The minimum Gasteiger partial charge on any atom is -0.507 e. The van der Waals surface area contributed by atoms with E-state index in [1.54, 1.807) is 32.9 Å². The summed E-state index contributed by atoms with van der Waals surface area (Å²) in [5, 5.41) is 67.8. The van der Waals surface area contributed by atoms with E-state index in [9.17, 15) is 49.8 Å². The van der Waals surface area contributed by atoms with Crippen LogP contribution in [0.15, 0.2) is 53.3 Å². The summed E-state index contributed by atoms with van der Waals surface area (Å²) >= 11 is 0. The summed E-state index contributed by atoms with van der Waals surface area (Å²) < 4.78 is 0. The van der Waals surface area contributed by atoms with E-state index in [-0.39, 0.29) is 33.5 Å². The number of carbonyl (C=O) groups excluding carboxylic acids is 4. The fraction of sp³-hybridized carbons (Fsp3) is 0.486. The zero-order chi connectivity index (χ0) is 34.8. The summed E-state index contributed by atoms with van der Waals surface area (Å²) in [6.07, 6.45) is 1.87. The van der Waals surface area contributed by atoms with Crippen molar-refractivity contribution >= 4 is 23.3 Å². The Labute approximate surface area is 268 Å². The molecule has 4 bridgehead atoms. The molecule has 11 nitrogen and oxygen atoms in total. The van der Waals surface area contributed by atoms with Crippen LogP contribution in [0, 0.1) is 36.5 Å². The molecule has 11 heteroatoms. The first-order valence-electron chi connectivity index (χ1n) is 15.3. The van der Waals surface area contributed by atoms with Crippen molar-refractivity contribution in [1.29, 1.82) is 0 Å². The average Bonchev–Trinajstić information content (AvgIpc) is 3.03. The Hall–Kier alpha value is -3.74. The van der Waals surface area contributed by atoms with Gasteiger partial charge in [-0.2, -0.15) is 0 Å². The number of aliphatic hydroxyl groups excluding tert-OH is 5. The maximum atomic E-state index is 13.7. The second-order valence-corrected chi connectivity index (χ2v) is 12.7. The van der Waals surface area contributed by atoms with Crippen molar-refractivity contribution in [3.05, 3.63) is 75.5 Å². The van der Waals surface area contributed by atoms with Crippen LogP contribution in [0.4, 0.5) is 0 Å². The van der Waals surface area contributed by atoms with E-state index in [0.29, 0.717) is 0 Å². The van der Waals surface area contributed by atoms with Gasteiger partial charge < -0.3 is 36.0 Å². The number of fused-ring (bicyclic) bond motifs is 15. The number of phenolic OH excluding ortho intramolecular Hbond substituents is 1. The van der Waals surface area contributed by atoms with Crippen molar-refractivity contribution in [1.82, 2.24) is 5.32 Å². The van der Waals surface area contributed by atoms with Gasteiger partial charge in [-0.1, -0.05) is 52.0 Å². The normalized spacial score (nSPS) is 32.1. The monoisotopic (exact) mass is 639 g/mol. The van der Waals surface area contributed by atoms with Crippen LogP contribution in [0.1, 0.15) is 78.2 Å². The smallest absolute Gasteiger partial charge is 0.251 e. The third-order valence-electron chi connectivity index (χ3n) is 9.34. The molecule has 2 heterocycles. The van der Waals surface area contributed by atoms with E-state index < -0.39 is 95.2 Å². The second kappa shape index (κ2) is 14.8. The summed E-state index contributed by atoms with van der Waals surface area (Å²) in [5.74, 6) is -7.57. The summed E-state index contributed by atoms with van der Waals surface area (Å²) in [4.78, 5) is 53.5. The number of hydrogen-bond acceptors (Lipinski definition) is 10. The summed E-state index contributed by atoms with van der Waals surface area (Å²) in [6, 6.07) is 1.26. The van der Waals surface area contributed by atoms with Gasteiger partial charge in [-0.15, -0.1) is 0 Å². The Kier molecular flexibility index (Phi) is 11.8. The molecule has 1 aromatic rings. The molecule has 3 aliphatic rings. The van der Waals surface area contributed by atoms with Gasteiger partial charge in [0.2, 0.25) is 5.78 Å². The quantitative estimate of drug-likeness (QED) is 0.239. The molecule has 9 atom stereocenters. The van der Waals surface area contributed by atoms with Crippen molar-refractivity contribution in [2.45, 2.75) is 72.9 Å². The van der Waals surface area contributed by atoms with Crippen LogP contribution < -0.4 is 5.32 Å². The Bertz CT molecular complexity index is 1520. The molecule has 1 amide bonds. The van der Waals surface area contributed by atoms with E-state index >= 15 is 0 Å². The molecule has 1 aromatic carbocycles. The van der Waals surface area contributed by atoms with Crippen molar-refractivity contribution in [3.8, 4) is 5.75 Å². The van der Waals surface area contributed by atoms with E-state index in [2.05, 4.69) is 5.32 Å². The maximum absolute atomic E-state index is 13.7. The number of allylic oxidation sites excluding steroid dienone is 5. The van der Waals surface area contributed by atoms with Gasteiger partial charge in [-0.3, -0.25) is 19.2 Å². The van der Waals surface area contributed by atoms with Crippen LogP contribution >= 0.6 is 0 Å². The van der Waals surface area contributed by atoms with Gasteiger partial charge in [-0.25, -0.2) is 0 Å². The molecule has 0 saturated carbocycles. The fourth-order valence-electron chi connectivity index (χ4n) is 6.04. The first-order valence-corrected chi connectivity index (χ1v) is 15.3. The maximum Gasteiger partial charge on any atom is 0.251 e. The van der Waals surface area contributed by atoms with Crippen molar-refractivity contribution in [2.24, 2.45) is 29.6 Å². The van der Waals surface area contributed by atoms with Crippen molar-refractivity contribution < 1.29 is 49.8 Å². The molecular formula is C35H45NO10. The lowest BCUT2D eigenvalue weighted by atomic mass is 9.76. The third-order valence-corrected chi connectivity index (χ3v) is 9.34. The second-order valence-electron chi connectivity index (χ2n) is 12.7. The van der Waals surface area contributed by atoms with Crippen LogP contribution in [0.25, 0.3) is 0 Å². The van der Waals surface area contributed by atoms with E-state index in [4.69, 9.17) is 0 Å². The Morgan fingerprint density at radius 1 is 0.761 bits per heavy atom. The third kappa shape index (κ3) is 7.29. The number of aliphatic hydroxyl groups is 5. The lowest BCUT2D eigenvalue weighted by molar-refractivity contribution is -0.116. The molecule has 0 unspecified atom stereocenters. The minimum atomic E-state index is -1.39.